The van der Waals surface area contributed by atoms with Gasteiger partial charge in [-0.2, -0.15) is 0 Å². The first kappa shape index (κ1) is 8.74. The van der Waals surface area contributed by atoms with Gasteiger partial charge in [0, 0.05) is 12.0 Å². The van der Waals surface area contributed by atoms with E-state index in [1.807, 2.05) is 0 Å². The normalized spacial score (nSPS) is 23.9. The van der Waals surface area contributed by atoms with Crippen LogP contribution in [0.1, 0.15) is 23.7 Å². The zero-order valence-corrected chi connectivity index (χ0v) is 9.34. The van der Waals surface area contributed by atoms with Gasteiger partial charge in [-0.1, -0.05) is 6.07 Å². The second kappa shape index (κ2) is 3.24. The summed E-state index contributed by atoms with van der Waals surface area (Å²) < 4.78 is 12.5. The molecule has 0 N–H and O–H groups in total. The minimum atomic E-state index is 0.264. The van der Waals surface area contributed by atoms with Crippen molar-refractivity contribution in [3.63, 3.8) is 0 Å². The van der Waals surface area contributed by atoms with E-state index < -0.39 is 0 Å². The Labute approximate surface area is 91.3 Å². The van der Waals surface area contributed by atoms with E-state index in [9.17, 15) is 0 Å². The lowest BCUT2D eigenvalue weighted by atomic mass is 9.93. The fraction of sp³-hybridized carbons (Fsp3) is 0.455. The fourth-order valence-corrected chi connectivity index (χ4v) is 2.68. The Hall–Kier alpha value is -0.540. The van der Waals surface area contributed by atoms with Crippen molar-refractivity contribution in [2.45, 2.75) is 18.9 Å². The molecule has 3 rings (SSSR count). The molecule has 0 spiro atoms. The predicted octanol–water partition coefficient (Wildman–Crippen LogP) is 2.85. The molecule has 0 aromatic heterocycles. The summed E-state index contributed by atoms with van der Waals surface area (Å²) in [6.07, 6.45) is 2.26. The van der Waals surface area contributed by atoms with Gasteiger partial charge in [0.15, 0.2) is 0 Å². The van der Waals surface area contributed by atoms with Crippen molar-refractivity contribution in [2.24, 2.45) is 0 Å². The Balaban J connectivity index is 2.22. The van der Waals surface area contributed by atoms with E-state index in [0.29, 0.717) is 0 Å². The predicted molar refractivity (Wildman–Crippen MR) is 56.7 cm³/mol. The summed E-state index contributed by atoms with van der Waals surface area (Å²) in [5.41, 5.74) is 2.66. The van der Waals surface area contributed by atoms with Crippen molar-refractivity contribution in [3.05, 3.63) is 27.7 Å². The van der Waals surface area contributed by atoms with Crippen LogP contribution in [0.25, 0.3) is 0 Å². The highest BCUT2D eigenvalue weighted by Gasteiger charge is 2.29. The Morgan fingerprint density at radius 1 is 1.29 bits per heavy atom. The molecule has 14 heavy (non-hydrogen) atoms. The third-order valence-corrected chi connectivity index (χ3v) is 3.50. The number of hydrogen-bond acceptors (Lipinski definition) is 2. The van der Waals surface area contributed by atoms with Crippen molar-refractivity contribution in [3.8, 4) is 5.75 Å². The molecule has 1 unspecified atom stereocenters. The van der Waals surface area contributed by atoms with Crippen LogP contribution >= 0.6 is 15.9 Å². The van der Waals surface area contributed by atoms with Gasteiger partial charge in [0.1, 0.15) is 5.75 Å². The van der Waals surface area contributed by atoms with Gasteiger partial charge < -0.3 is 9.47 Å². The van der Waals surface area contributed by atoms with E-state index in [4.69, 9.17) is 9.47 Å². The summed E-state index contributed by atoms with van der Waals surface area (Å²) >= 11 is 3.52. The molecule has 1 atom stereocenters. The molecule has 0 aliphatic carbocycles. The highest BCUT2D eigenvalue weighted by atomic mass is 79.9. The van der Waals surface area contributed by atoms with Crippen molar-refractivity contribution >= 4 is 15.9 Å². The van der Waals surface area contributed by atoms with Gasteiger partial charge in [0.2, 0.25) is 0 Å². The molecule has 0 saturated heterocycles. The van der Waals surface area contributed by atoms with Crippen LogP contribution in [0.5, 0.6) is 5.75 Å². The van der Waals surface area contributed by atoms with Gasteiger partial charge in [0.05, 0.1) is 23.8 Å². The molecule has 2 heterocycles. The highest BCUT2D eigenvalue weighted by Crippen LogP contribution is 2.43. The Morgan fingerprint density at radius 2 is 2.21 bits per heavy atom. The fourth-order valence-electron chi connectivity index (χ4n) is 2.22. The largest absolute Gasteiger partial charge is 0.492 e. The molecule has 1 aromatic rings. The van der Waals surface area contributed by atoms with Crippen LogP contribution in [-0.2, 0) is 11.2 Å². The zero-order chi connectivity index (χ0) is 9.54. The molecule has 0 radical (unpaired) electrons. The number of benzene rings is 1. The van der Waals surface area contributed by atoms with Crippen LogP contribution in [0.15, 0.2) is 16.6 Å². The van der Waals surface area contributed by atoms with Gasteiger partial charge in [-0.25, -0.2) is 0 Å². The summed E-state index contributed by atoms with van der Waals surface area (Å²) in [4.78, 5) is 0. The molecule has 1 aromatic carbocycles. The maximum Gasteiger partial charge on any atom is 0.139 e. The van der Waals surface area contributed by atoms with Gasteiger partial charge in [-0.3, -0.25) is 0 Å². The molecule has 74 valence electrons. The maximum absolute atomic E-state index is 5.74. The molecule has 0 fully saturated rings. The topological polar surface area (TPSA) is 18.5 Å². The lowest BCUT2D eigenvalue weighted by molar-refractivity contribution is 0.0134. The summed E-state index contributed by atoms with van der Waals surface area (Å²) in [7, 11) is 0. The molecular weight excluding hydrogens is 244 g/mol. The number of halogens is 1. The highest BCUT2D eigenvalue weighted by molar-refractivity contribution is 9.10. The van der Waals surface area contributed by atoms with Crippen molar-refractivity contribution < 1.29 is 9.47 Å². The lowest BCUT2D eigenvalue weighted by Gasteiger charge is -2.32. The van der Waals surface area contributed by atoms with Gasteiger partial charge in [-0.05, 0) is 34.0 Å². The Morgan fingerprint density at radius 3 is 3.14 bits per heavy atom. The standard InChI is InChI=1S/C11H11BrO2/c12-8-2-1-7-3-5-13-9-4-6-14-11(8)10(7)9/h1-2,9H,3-6H2. The second-order valence-electron chi connectivity index (χ2n) is 3.70. The molecule has 0 amide bonds. The average Bonchev–Trinajstić information content (AvgIpc) is 2.24. The third kappa shape index (κ3) is 1.19. The first-order valence-corrected chi connectivity index (χ1v) is 5.71. The third-order valence-electron chi connectivity index (χ3n) is 2.88. The summed E-state index contributed by atoms with van der Waals surface area (Å²) in [6.45, 7) is 1.61. The average molecular weight is 255 g/mol. The number of rotatable bonds is 0. The summed E-state index contributed by atoms with van der Waals surface area (Å²) in [5, 5.41) is 0. The van der Waals surface area contributed by atoms with Gasteiger partial charge >= 0.3 is 0 Å². The molecule has 0 saturated carbocycles. The van der Waals surface area contributed by atoms with E-state index in [0.717, 1.165) is 36.3 Å². The number of ether oxygens (including phenoxy) is 2. The summed E-state index contributed by atoms with van der Waals surface area (Å²) in [6, 6.07) is 4.25. The Bertz CT molecular complexity index is 374. The van der Waals surface area contributed by atoms with Crippen LogP contribution in [0.2, 0.25) is 0 Å². The molecular formula is C11H11BrO2. The van der Waals surface area contributed by atoms with Crippen LogP contribution in [-0.4, -0.2) is 13.2 Å². The minimum absolute atomic E-state index is 0.264. The van der Waals surface area contributed by atoms with E-state index in [1.54, 1.807) is 0 Å². The smallest absolute Gasteiger partial charge is 0.139 e. The summed E-state index contributed by atoms with van der Waals surface area (Å²) in [5.74, 6) is 0.999. The van der Waals surface area contributed by atoms with E-state index in [2.05, 4.69) is 28.1 Å². The first-order chi connectivity index (χ1) is 6.86. The van der Waals surface area contributed by atoms with Crippen LogP contribution < -0.4 is 4.74 Å². The monoisotopic (exact) mass is 254 g/mol. The van der Waals surface area contributed by atoms with E-state index in [1.165, 1.54) is 11.1 Å². The van der Waals surface area contributed by atoms with E-state index >= 15 is 0 Å². The second-order valence-corrected chi connectivity index (χ2v) is 4.55. The van der Waals surface area contributed by atoms with Crippen molar-refractivity contribution in [1.29, 1.82) is 0 Å². The maximum atomic E-state index is 5.74. The van der Waals surface area contributed by atoms with Gasteiger partial charge in [-0.15, -0.1) is 0 Å². The van der Waals surface area contributed by atoms with Crippen LogP contribution in [0.3, 0.4) is 0 Å². The molecule has 3 heteroatoms. The first-order valence-electron chi connectivity index (χ1n) is 4.92. The molecule has 2 aliphatic heterocycles. The van der Waals surface area contributed by atoms with E-state index in [-0.39, 0.29) is 6.10 Å². The zero-order valence-electron chi connectivity index (χ0n) is 7.75. The molecule has 2 aliphatic rings. The minimum Gasteiger partial charge on any atom is -0.492 e. The quantitative estimate of drug-likeness (QED) is 0.709. The molecule has 0 bridgehead atoms. The van der Waals surface area contributed by atoms with Gasteiger partial charge in [0.25, 0.3) is 0 Å². The van der Waals surface area contributed by atoms with Crippen LogP contribution in [0.4, 0.5) is 0 Å². The van der Waals surface area contributed by atoms with Crippen molar-refractivity contribution in [2.75, 3.05) is 13.2 Å². The molecule has 2 nitrogen and oxygen atoms in total. The van der Waals surface area contributed by atoms with Crippen molar-refractivity contribution in [1.82, 2.24) is 0 Å². The Kier molecular flexibility index (Phi) is 2.03. The van der Waals surface area contributed by atoms with Crippen LogP contribution in [0, 0.1) is 0 Å². The SMILES string of the molecule is Brc1ccc2c3c1OCCC3OCC2. The lowest BCUT2D eigenvalue weighted by Crippen LogP contribution is -2.23. The number of hydrogen-bond donors (Lipinski definition) is 0.